The molecule has 2 aliphatic rings. The van der Waals surface area contributed by atoms with E-state index < -0.39 is 28.4 Å². The maximum absolute atomic E-state index is 14.2. The van der Waals surface area contributed by atoms with E-state index in [1.807, 2.05) is 11.6 Å². The topological polar surface area (TPSA) is 103 Å². The number of hydrogen-bond acceptors (Lipinski definition) is 8. The Hall–Kier alpha value is -3.87. The van der Waals surface area contributed by atoms with Gasteiger partial charge in [0.25, 0.3) is 5.56 Å². The van der Waals surface area contributed by atoms with Gasteiger partial charge in [-0.05, 0) is 68.7 Å². The third-order valence-corrected chi connectivity index (χ3v) is 8.59. The van der Waals surface area contributed by atoms with Gasteiger partial charge in [-0.3, -0.25) is 14.1 Å². The Kier molecular flexibility index (Phi) is 7.47. The van der Waals surface area contributed by atoms with E-state index in [1.165, 1.54) is 12.4 Å². The molecule has 10 nitrogen and oxygen atoms in total. The number of fused-ring (bicyclic) bond motifs is 1. The summed E-state index contributed by atoms with van der Waals surface area (Å²) in [5.41, 5.74) is -1.31. The van der Waals surface area contributed by atoms with Crippen LogP contribution in [0, 0.1) is 11.8 Å². The molecular weight excluding hydrogens is 561 g/mol. The fourth-order valence-corrected chi connectivity index (χ4v) is 6.76. The lowest BCUT2D eigenvalue weighted by atomic mass is 9.60. The molecule has 0 spiro atoms. The van der Waals surface area contributed by atoms with Gasteiger partial charge in [-0.1, -0.05) is 13.8 Å². The van der Waals surface area contributed by atoms with Crippen molar-refractivity contribution in [1.82, 2.24) is 39.0 Å². The Bertz CT molecular complexity index is 1710. The third-order valence-electron chi connectivity index (χ3n) is 8.59. The van der Waals surface area contributed by atoms with Crippen LogP contribution in [0.15, 0.2) is 35.6 Å². The Labute approximate surface area is 247 Å². The predicted molar refractivity (Wildman–Crippen MR) is 153 cm³/mol. The molecule has 6 rings (SSSR count). The quantitative estimate of drug-likeness (QED) is 0.304. The Balaban J connectivity index is 1.50. The van der Waals surface area contributed by atoms with Crippen molar-refractivity contribution in [3.05, 3.63) is 63.9 Å². The molecule has 1 saturated heterocycles. The van der Waals surface area contributed by atoms with Crippen LogP contribution in [0.3, 0.4) is 0 Å². The first-order valence-electron chi connectivity index (χ1n) is 14.7. The molecule has 4 aromatic heterocycles. The number of piperidine rings is 1. The van der Waals surface area contributed by atoms with Crippen LogP contribution >= 0.6 is 0 Å². The van der Waals surface area contributed by atoms with Crippen LogP contribution in [0.25, 0.3) is 16.9 Å². The zero-order valence-corrected chi connectivity index (χ0v) is 24.7. The number of halogens is 3. The maximum atomic E-state index is 14.2. The molecule has 0 amide bonds. The van der Waals surface area contributed by atoms with E-state index >= 15 is 0 Å². The van der Waals surface area contributed by atoms with Crippen molar-refractivity contribution >= 4 is 5.65 Å². The molecule has 0 unspecified atom stereocenters. The normalized spacial score (nSPS) is 23.0. The minimum atomic E-state index is -4.69. The Morgan fingerprint density at radius 2 is 1.93 bits per heavy atom. The average molecular weight is 597 g/mol. The summed E-state index contributed by atoms with van der Waals surface area (Å²) in [5, 5.41) is 8.44. The summed E-state index contributed by atoms with van der Waals surface area (Å²) in [7, 11) is 1.87. The first-order chi connectivity index (χ1) is 20.5. The Morgan fingerprint density at radius 1 is 1.14 bits per heavy atom. The molecule has 43 heavy (non-hydrogen) atoms. The molecule has 0 N–H and O–H groups in total. The van der Waals surface area contributed by atoms with E-state index in [2.05, 4.69) is 38.9 Å². The second kappa shape index (κ2) is 11.0. The zero-order valence-electron chi connectivity index (χ0n) is 24.7. The minimum absolute atomic E-state index is 0.0551. The summed E-state index contributed by atoms with van der Waals surface area (Å²) in [6.07, 6.45) is 3.17. The van der Waals surface area contributed by atoms with Gasteiger partial charge < -0.3 is 9.30 Å². The first-order valence-corrected chi connectivity index (χ1v) is 14.7. The van der Waals surface area contributed by atoms with Crippen molar-refractivity contribution in [2.24, 2.45) is 18.9 Å². The number of hydrogen-bond donors (Lipinski definition) is 0. The summed E-state index contributed by atoms with van der Waals surface area (Å²) in [6, 6.07) is 2.89. The van der Waals surface area contributed by atoms with Crippen molar-refractivity contribution in [2.75, 3.05) is 19.7 Å². The predicted octanol–water partition coefficient (Wildman–Crippen LogP) is 4.65. The van der Waals surface area contributed by atoms with Gasteiger partial charge in [0, 0.05) is 32.5 Å². The minimum Gasteiger partial charge on any atom is -0.464 e. The van der Waals surface area contributed by atoms with E-state index in [1.54, 1.807) is 19.3 Å². The molecule has 0 radical (unpaired) electrons. The number of nitrogens with zero attached hydrogens (tertiary/aromatic N) is 8. The lowest BCUT2D eigenvalue weighted by molar-refractivity contribution is -0.136. The third kappa shape index (κ3) is 5.39. The van der Waals surface area contributed by atoms with Crippen molar-refractivity contribution in [1.29, 1.82) is 0 Å². The number of ether oxygens (including phenoxy) is 1. The molecule has 0 bridgehead atoms. The highest BCUT2D eigenvalue weighted by Gasteiger charge is 2.50. The van der Waals surface area contributed by atoms with Crippen LogP contribution in [0.2, 0.25) is 0 Å². The second-order valence-corrected chi connectivity index (χ2v) is 12.1. The summed E-state index contributed by atoms with van der Waals surface area (Å²) < 4.78 is 51.3. The number of alkyl halides is 3. The molecule has 1 aliphatic heterocycles. The van der Waals surface area contributed by atoms with Crippen LogP contribution in [-0.4, -0.2) is 58.7 Å². The lowest BCUT2D eigenvalue weighted by Crippen LogP contribution is -2.44. The van der Waals surface area contributed by atoms with Crippen molar-refractivity contribution in [2.45, 2.75) is 64.6 Å². The van der Waals surface area contributed by atoms with E-state index in [-0.39, 0.29) is 17.3 Å². The fraction of sp³-hybridized carbons (Fsp3) is 0.533. The maximum Gasteiger partial charge on any atom is 0.419 e. The van der Waals surface area contributed by atoms with Gasteiger partial charge in [0.2, 0.25) is 0 Å². The smallest absolute Gasteiger partial charge is 0.419 e. The average Bonchev–Trinajstić information content (AvgIpc) is 3.36. The summed E-state index contributed by atoms with van der Waals surface area (Å²) in [6.45, 7) is 8.27. The van der Waals surface area contributed by atoms with Gasteiger partial charge in [-0.2, -0.15) is 23.1 Å². The molecule has 1 saturated carbocycles. The molecule has 4 aromatic rings. The van der Waals surface area contributed by atoms with Crippen LogP contribution in [0.1, 0.15) is 69.1 Å². The summed E-state index contributed by atoms with van der Waals surface area (Å²) >= 11 is 0. The molecule has 5 heterocycles. The largest absolute Gasteiger partial charge is 0.464 e. The molecule has 1 aliphatic carbocycles. The Morgan fingerprint density at radius 3 is 2.58 bits per heavy atom. The van der Waals surface area contributed by atoms with E-state index in [0.717, 1.165) is 55.1 Å². The van der Waals surface area contributed by atoms with Crippen molar-refractivity contribution in [3.8, 4) is 17.3 Å². The van der Waals surface area contributed by atoms with Gasteiger partial charge in [-0.15, -0.1) is 10.2 Å². The number of likely N-dealkylation sites (tertiary alicyclic amines) is 1. The molecule has 2 fully saturated rings. The van der Waals surface area contributed by atoms with Gasteiger partial charge in [0.1, 0.15) is 12.2 Å². The molecule has 1 atom stereocenters. The molecule has 0 aromatic carbocycles. The second-order valence-electron chi connectivity index (χ2n) is 12.1. The van der Waals surface area contributed by atoms with E-state index in [9.17, 15) is 18.0 Å². The summed E-state index contributed by atoms with van der Waals surface area (Å²) in [4.78, 5) is 29.5. The van der Waals surface area contributed by atoms with Crippen molar-refractivity contribution < 1.29 is 17.9 Å². The molecule has 13 heteroatoms. The van der Waals surface area contributed by atoms with Crippen molar-refractivity contribution in [3.63, 3.8) is 0 Å². The zero-order chi connectivity index (χ0) is 30.5. The highest BCUT2D eigenvalue weighted by molar-refractivity contribution is 5.62. The van der Waals surface area contributed by atoms with Gasteiger partial charge in [0.15, 0.2) is 5.65 Å². The van der Waals surface area contributed by atoms with Gasteiger partial charge in [-0.25, -0.2) is 4.98 Å². The van der Waals surface area contributed by atoms with Crippen LogP contribution in [0.5, 0.6) is 6.01 Å². The number of pyridine rings is 1. The van der Waals surface area contributed by atoms with Gasteiger partial charge in [0.05, 0.1) is 34.5 Å². The molecule has 228 valence electrons. The van der Waals surface area contributed by atoms with Crippen LogP contribution < -0.4 is 10.3 Å². The SMILES string of the molecule is CCOc1nc(-c2cnc3c(C(F)(F)F)cc(CN4CCC[C@H](C)C4)cn3c2=O)cc(C2(c3nncn3C)CC(C)C2)n1. The van der Waals surface area contributed by atoms with Gasteiger partial charge >= 0.3 is 12.2 Å². The number of aryl methyl sites for hydroxylation is 1. The summed E-state index contributed by atoms with van der Waals surface area (Å²) in [5.74, 6) is 1.60. The monoisotopic (exact) mass is 596 g/mol. The highest BCUT2D eigenvalue weighted by atomic mass is 19.4. The number of rotatable bonds is 7. The van der Waals surface area contributed by atoms with Crippen LogP contribution in [0.4, 0.5) is 13.2 Å². The highest BCUT2D eigenvalue weighted by Crippen LogP contribution is 2.51. The number of aromatic nitrogens is 7. The van der Waals surface area contributed by atoms with Crippen LogP contribution in [-0.2, 0) is 25.2 Å². The fourth-order valence-electron chi connectivity index (χ4n) is 6.76. The van der Waals surface area contributed by atoms with E-state index in [0.29, 0.717) is 36.2 Å². The standard InChI is InChI=1S/C30H35F3N8O2/c1-5-43-28-36-23(10-24(37-28)29(11-19(3)12-29)27-38-35-17-39(27)4)21-13-34-25-22(30(31,32)33)9-20(16-41(25)26(21)42)15-40-8-6-7-18(2)14-40/h9-10,13,16-19H,5-8,11-12,14-15H2,1-4H3/t18-,19?,29?/m0/s1. The molecular formula is C30H35F3N8O2. The lowest BCUT2D eigenvalue weighted by Gasteiger charge is -2.45. The first kappa shape index (κ1) is 29.2. The van der Waals surface area contributed by atoms with E-state index in [4.69, 9.17) is 9.72 Å².